The van der Waals surface area contributed by atoms with Crippen LogP contribution in [0, 0.1) is 11.7 Å². The van der Waals surface area contributed by atoms with Crippen molar-refractivity contribution in [2.24, 2.45) is 5.92 Å². The summed E-state index contributed by atoms with van der Waals surface area (Å²) in [6.45, 7) is 5.96. The fourth-order valence-electron chi connectivity index (χ4n) is 4.61. The Balaban J connectivity index is 1.78. The lowest BCUT2D eigenvalue weighted by molar-refractivity contribution is -0.140. The Hall–Kier alpha value is -3.21. The van der Waals surface area contributed by atoms with E-state index in [-0.39, 0.29) is 24.2 Å². The van der Waals surface area contributed by atoms with Gasteiger partial charge >= 0.3 is 5.97 Å². The average molecular weight is 434 g/mol. The molecule has 5 heteroatoms. The van der Waals surface area contributed by atoms with Crippen molar-refractivity contribution in [2.75, 3.05) is 6.61 Å². The van der Waals surface area contributed by atoms with E-state index in [0.717, 1.165) is 11.3 Å². The van der Waals surface area contributed by atoms with E-state index in [1.54, 1.807) is 25.1 Å². The monoisotopic (exact) mass is 433 g/mol. The lowest BCUT2D eigenvalue weighted by Gasteiger charge is -2.36. The van der Waals surface area contributed by atoms with E-state index < -0.39 is 17.7 Å². The number of hydrogen-bond acceptors (Lipinski definition) is 4. The number of Topliss-reactive ketones (excluding diaryl/α,β-unsaturated/α-hetero) is 1. The minimum absolute atomic E-state index is 0.0402. The van der Waals surface area contributed by atoms with E-state index in [9.17, 15) is 14.0 Å². The number of nitrogens with one attached hydrogen (secondary N) is 1. The highest BCUT2D eigenvalue weighted by Gasteiger charge is 2.42. The van der Waals surface area contributed by atoms with Crippen molar-refractivity contribution < 1.29 is 18.7 Å². The van der Waals surface area contributed by atoms with E-state index in [2.05, 4.69) is 5.32 Å². The summed E-state index contributed by atoms with van der Waals surface area (Å²) < 4.78 is 20.5. The predicted octanol–water partition coefficient (Wildman–Crippen LogP) is 5.39. The van der Waals surface area contributed by atoms with Crippen LogP contribution < -0.4 is 5.32 Å². The standard InChI is InChI=1S/C27H28FNO3/c1-16(2)15-32-27(31)24-17(3)29-22-13-19(18-9-5-4-6-10-18)14-23(30)26(22)25(24)20-11-7-8-12-21(20)28/h4-12,16,19,25,29H,13-15H2,1-3H3/t19-,25-/m1/s1. The first kappa shape index (κ1) is 22.0. The maximum absolute atomic E-state index is 15.0. The Morgan fingerprint density at radius 2 is 1.78 bits per heavy atom. The number of rotatable bonds is 5. The molecule has 166 valence electrons. The van der Waals surface area contributed by atoms with Gasteiger partial charge in [-0.25, -0.2) is 9.18 Å². The molecule has 4 nitrogen and oxygen atoms in total. The minimum Gasteiger partial charge on any atom is -0.462 e. The number of esters is 1. The zero-order valence-corrected chi connectivity index (χ0v) is 18.7. The van der Waals surface area contributed by atoms with Crippen LogP contribution in [0.25, 0.3) is 0 Å². The highest BCUT2D eigenvalue weighted by molar-refractivity contribution is 6.04. The van der Waals surface area contributed by atoms with Crippen molar-refractivity contribution in [3.05, 3.63) is 94.1 Å². The first-order valence-electron chi connectivity index (χ1n) is 11.1. The maximum Gasteiger partial charge on any atom is 0.336 e. The van der Waals surface area contributed by atoms with Crippen LogP contribution in [0.15, 0.2) is 77.1 Å². The summed E-state index contributed by atoms with van der Waals surface area (Å²) >= 11 is 0. The van der Waals surface area contributed by atoms with Gasteiger partial charge in [-0.3, -0.25) is 4.79 Å². The maximum atomic E-state index is 15.0. The van der Waals surface area contributed by atoms with Gasteiger partial charge in [-0.05, 0) is 36.8 Å². The summed E-state index contributed by atoms with van der Waals surface area (Å²) in [5, 5.41) is 3.30. The third kappa shape index (κ3) is 4.24. The Morgan fingerprint density at radius 1 is 1.09 bits per heavy atom. The molecule has 0 saturated heterocycles. The number of dihydropyridines is 1. The lowest BCUT2D eigenvalue weighted by atomic mass is 9.71. The Kier molecular flexibility index (Phi) is 6.26. The fraction of sp³-hybridized carbons (Fsp3) is 0.333. The molecular weight excluding hydrogens is 405 g/mol. The number of allylic oxidation sites excluding steroid dienone is 3. The minimum atomic E-state index is -0.781. The smallest absolute Gasteiger partial charge is 0.336 e. The van der Waals surface area contributed by atoms with Crippen LogP contribution in [-0.2, 0) is 14.3 Å². The summed E-state index contributed by atoms with van der Waals surface area (Å²) in [5.41, 5.74) is 3.57. The molecule has 1 aliphatic heterocycles. The third-order valence-electron chi connectivity index (χ3n) is 6.08. The van der Waals surface area contributed by atoms with Crippen molar-refractivity contribution in [1.29, 1.82) is 0 Å². The molecule has 2 atom stereocenters. The number of carbonyl (C=O) groups excluding carboxylic acids is 2. The number of ether oxygens (including phenoxy) is 1. The van der Waals surface area contributed by atoms with Crippen molar-refractivity contribution in [3.8, 4) is 0 Å². The van der Waals surface area contributed by atoms with Gasteiger partial charge in [0.2, 0.25) is 0 Å². The molecule has 2 aliphatic rings. The van der Waals surface area contributed by atoms with E-state index >= 15 is 0 Å². The summed E-state index contributed by atoms with van der Waals surface area (Å²) in [7, 11) is 0. The third-order valence-corrected chi connectivity index (χ3v) is 6.08. The summed E-state index contributed by atoms with van der Waals surface area (Å²) in [5.74, 6) is -1.59. The molecule has 0 fully saturated rings. The highest BCUT2D eigenvalue weighted by atomic mass is 19.1. The topological polar surface area (TPSA) is 55.4 Å². The van der Waals surface area contributed by atoms with Gasteiger partial charge in [-0.1, -0.05) is 62.4 Å². The second kappa shape index (κ2) is 9.11. The second-order valence-corrected chi connectivity index (χ2v) is 8.94. The van der Waals surface area contributed by atoms with Crippen LogP contribution in [0.2, 0.25) is 0 Å². The molecule has 1 heterocycles. The lowest BCUT2D eigenvalue weighted by Crippen LogP contribution is -2.36. The first-order chi connectivity index (χ1) is 15.4. The zero-order chi connectivity index (χ0) is 22.8. The van der Waals surface area contributed by atoms with Crippen LogP contribution in [0.5, 0.6) is 0 Å². The van der Waals surface area contributed by atoms with E-state index in [1.807, 2.05) is 44.2 Å². The molecule has 0 bridgehead atoms. The molecule has 1 N–H and O–H groups in total. The van der Waals surface area contributed by atoms with E-state index in [4.69, 9.17) is 4.74 Å². The van der Waals surface area contributed by atoms with Crippen molar-refractivity contribution >= 4 is 11.8 Å². The first-order valence-corrected chi connectivity index (χ1v) is 11.1. The van der Waals surface area contributed by atoms with Gasteiger partial charge < -0.3 is 10.1 Å². The van der Waals surface area contributed by atoms with Crippen LogP contribution >= 0.6 is 0 Å². The van der Waals surface area contributed by atoms with Crippen molar-refractivity contribution in [3.63, 3.8) is 0 Å². The molecule has 0 amide bonds. The fourth-order valence-corrected chi connectivity index (χ4v) is 4.61. The molecule has 0 saturated carbocycles. The Labute approximate surface area is 188 Å². The van der Waals surface area contributed by atoms with Gasteiger partial charge in [0.05, 0.1) is 18.1 Å². The molecule has 2 aromatic carbocycles. The van der Waals surface area contributed by atoms with Crippen molar-refractivity contribution in [1.82, 2.24) is 5.32 Å². The number of halogens is 1. The molecule has 1 aliphatic carbocycles. The molecule has 2 aromatic rings. The van der Waals surface area contributed by atoms with E-state index in [0.29, 0.717) is 35.2 Å². The average Bonchev–Trinajstić information content (AvgIpc) is 2.77. The summed E-state index contributed by atoms with van der Waals surface area (Å²) in [4.78, 5) is 26.6. The number of ketones is 1. The van der Waals surface area contributed by atoms with Gasteiger partial charge in [0.25, 0.3) is 0 Å². The zero-order valence-electron chi connectivity index (χ0n) is 18.7. The van der Waals surface area contributed by atoms with Crippen LogP contribution in [0.3, 0.4) is 0 Å². The highest BCUT2D eigenvalue weighted by Crippen LogP contribution is 2.46. The molecule has 0 aromatic heterocycles. The van der Waals surface area contributed by atoms with Gasteiger partial charge in [0.1, 0.15) is 5.82 Å². The van der Waals surface area contributed by atoms with Gasteiger partial charge in [0, 0.05) is 29.0 Å². The van der Waals surface area contributed by atoms with Gasteiger partial charge in [-0.15, -0.1) is 0 Å². The van der Waals surface area contributed by atoms with E-state index in [1.165, 1.54) is 6.07 Å². The second-order valence-electron chi connectivity index (χ2n) is 8.94. The number of benzene rings is 2. The van der Waals surface area contributed by atoms with Gasteiger partial charge in [-0.2, -0.15) is 0 Å². The normalized spacial score (nSPS) is 20.8. The quantitative estimate of drug-likeness (QED) is 0.643. The predicted molar refractivity (Wildman–Crippen MR) is 121 cm³/mol. The Bertz CT molecular complexity index is 1100. The van der Waals surface area contributed by atoms with Crippen LogP contribution in [0.1, 0.15) is 56.6 Å². The number of carbonyl (C=O) groups is 2. The van der Waals surface area contributed by atoms with Crippen LogP contribution in [-0.4, -0.2) is 18.4 Å². The molecular formula is C27H28FNO3. The molecule has 4 rings (SSSR count). The summed E-state index contributed by atoms with van der Waals surface area (Å²) in [6, 6.07) is 16.3. The largest absolute Gasteiger partial charge is 0.462 e. The van der Waals surface area contributed by atoms with Gasteiger partial charge in [0.15, 0.2) is 5.78 Å². The SMILES string of the molecule is CC1=C(C(=O)OCC(C)C)[C@@H](c2ccccc2F)C2=C(C[C@@H](c3ccccc3)CC2=O)N1. The molecule has 0 radical (unpaired) electrons. The summed E-state index contributed by atoms with van der Waals surface area (Å²) in [6.07, 6.45) is 0.949. The molecule has 0 unspecified atom stereocenters. The molecule has 32 heavy (non-hydrogen) atoms. The van der Waals surface area contributed by atoms with Crippen LogP contribution in [0.4, 0.5) is 4.39 Å². The Morgan fingerprint density at radius 3 is 2.47 bits per heavy atom. The molecule has 0 spiro atoms. The van der Waals surface area contributed by atoms with Crippen molar-refractivity contribution in [2.45, 2.75) is 45.4 Å². The number of hydrogen-bond donors (Lipinski definition) is 1.